The van der Waals surface area contributed by atoms with Gasteiger partial charge in [0.15, 0.2) is 0 Å². The van der Waals surface area contributed by atoms with Crippen LogP contribution in [0.1, 0.15) is 19.4 Å². The van der Waals surface area contributed by atoms with E-state index in [1.807, 2.05) is 0 Å². The Kier molecular flexibility index (Phi) is 4.95. The Morgan fingerprint density at radius 2 is 1.78 bits per heavy atom. The lowest BCUT2D eigenvalue weighted by molar-refractivity contribution is -0.140. The molecule has 1 aromatic carbocycles. The van der Waals surface area contributed by atoms with E-state index in [2.05, 4.69) is 4.40 Å². The molecular weight excluding hydrogens is 322 g/mol. The Hall–Kier alpha value is -2.48. The lowest BCUT2D eigenvalue weighted by atomic mass is 10.0. The molecule has 23 heavy (non-hydrogen) atoms. The topological polar surface area (TPSA) is 99.1 Å². The van der Waals surface area contributed by atoms with Crippen molar-refractivity contribution >= 4 is 27.7 Å². The molecule has 1 aliphatic heterocycles. The quantitative estimate of drug-likeness (QED) is 0.592. The zero-order chi connectivity index (χ0) is 17.0. The average molecular weight is 337 g/mol. The highest BCUT2D eigenvalue weighted by atomic mass is 32.2. The van der Waals surface area contributed by atoms with Crippen molar-refractivity contribution in [1.82, 2.24) is 0 Å². The zero-order valence-corrected chi connectivity index (χ0v) is 13.4. The van der Waals surface area contributed by atoms with Gasteiger partial charge in [0.25, 0.3) is 10.0 Å². The second-order valence-electron chi connectivity index (χ2n) is 4.44. The summed E-state index contributed by atoms with van der Waals surface area (Å²) in [5.41, 5.74) is -0.123. The summed E-state index contributed by atoms with van der Waals surface area (Å²) in [4.78, 5) is 23.8. The summed E-state index contributed by atoms with van der Waals surface area (Å²) < 4.78 is 37.4. The number of sulfonamides is 1. The number of esters is 2. The fraction of sp³-hybridized carbons (Fsp3) is 0.267. The Morgan fingerprint density at radius 1 is 1.13 bits per heavy atom. The maximum absolute atomic E-state index is 12.1. The Labute approximate surface area is 133 Å². The number of ether oxygens (including phenoxy) is 2. The minimum atomic E-state index is -3.91. The van der Waals surface area contributed by atoms with Crippen LogP contribution in [0.25, 0.3) is 0 Å². The van der Waals surface area contributed by atoms with Crippen molar-refractivity contribution < 1.29 is 27.5 Å². The van der Waals surface area contributed by atoms with Gasteiger partial charge in [-0.15, -0.1) is 0 Å². The van der Waals surface area contributed by atoms with E-state index in [1.165, 1.54) is 12.1 Å². The molecule has 0 aliphatic carbocycles. The lowest BCUT2D eigenvalue weighted by Crippen LogP contribution is -2.18. The molecule has 1 aliphatic rings. The van der Waals surface area contributed by atoms with Crippen molar-refractivity contribution in [3.05, 3.63) is 41.5 Å². The number of carbonyl (C=O) groups is 2. The zero-order valence-electron chi connectivity index (χ0n) is 12.6. The first kappa shape index (κ1) is 16.9. The second-order valence-corrected chi connectivity index (χ2v) is 6.01. The maximum atomic E-state index is 12.1. The molecule has 0 fully saturated rings. The number of benzene rings is 1. The van der Waals surface area contributed by atoms with E-state index < -0.39 is 22.0 Å². The molecule has 2 rings (SSSR count). The van der Waals surface area contributed by atoms with E-state index in [0.717, 1.165) is 6.08 Å². The molecule has 0 N–H and O–H groups in total. The SMILES string of the molecule is CCOC(=O)/C=C(/C(=O)OCC)C1=NS(=O)(=O)c2ccccc21. The summed E-state index contributed by atoms with van der Waals surface area (Å²) in [7, 11) is -3.91. The molecule has 0 amide bonds. The fourth-order valence-corrected chi connectivity index (χ4v) is 3.26. The van der Waals surface area contributed by atoms with Crippen LogP contribution in [0.2, 0.25) is 0 Å². The summed E-state index contributed by atoms with van der Waals surface area (Å²) in [5, 5.41) is 0. The monoisotopic (exact) mass is 337 g/mol. The van der Waals surface area contributed by atoms with Crippen molar-refractivity contribution in [3.8, 4) is 0 Å². The van der Waals surface area contributed by atoms with Gasteiger partial charge in [-0.05, 0) is 19.9 Å². The maximum Gasteiger partial charge on any atom is 0.340 e. The molecule has 8 heteroatoms. The highest BCUT2D eigenvalue weighted by molar-refractivity contribution is 7.90. The van der Waals surface area contributed by atoms with E-state index in [-0.39, 0.29) is 35.0 Å². The largest absolute Gasteiger partial charge is 0.463 e. The number of rotatable bonds is 5. The van der Waals surface area contributed by atoms with Crippen molar-refractivity contribution in [2.75, 3.05) is 13.2 Å². The third-order valence-corrected chi connectivity index (χ3v) is 4.27. The number of fused-ring (bicyclic) bond motifs is 1. The third-order valence-electron chi connectivity index (χ3n) is 2.93. The van der Waals surface area contributed by atoms with Gasteiger partial charge in [0.2, 0.25) is 0 Å². The molecule has 0 atom stereocenters. The van der Waals surface area contributed by atoms with Crippen LogP contribution in [0, 0.1) is 0 Å². The summed E-state index contributed by atoms with van der Waals surface area (Å²) in [6.07, 6.45) is 0.901. The molecule has 1 aromatic rings. The minimum Gasteiger partial charge on any atom is -0.463 e. The van der Waals surface area contributed by atoms with Crippen molar-refractivity contribution in [1.29, 1.82) is 0 Å². The second kappa shape index (κ2) is 6.74. The standard InChI is InChI=1S/C15H15NO6S/c1-3-21-13(17)9-11(15(18)22-4-2)14-10-7-5-6-8-12(10)23(19,20)16-14/h5-9H,3-4H2,1-2H3/b11-9+. The predicted octanol–water partition coefficient (Wildman–Crippen LogP) is 1.23. The molecule has 1 heterocycles. The van der Waals surface area contributed by atoms with Crippen molar-refractivity contribution in [2.24, 2.45) is 4.40 Å². The third kappa shape index (κ3) is 3.48. The van der Waals surface area contributed by atoms with Gasteiger partial charge in [-0.1, -0.05) is 18.2 Å². The van der Waals surface area contributed by atoms with Crippen LogP contribution >= 0.6 is 0 Å². The number of hydrogen-bond acceptors (Lipinski definition) is 6. The van der Waals surface area contributed by atoms with Gasteiger partial charge in [-0.2, -0.15) is 12.8 Å². The van der Waals surface area contributed by atoms with Gasteiger partial charge in [0, 0.05) is 11.6 Å². The molecule has 0 aromatic heterocycles. The van der Waals surface area contributed by atoms with Gasteiger partial charge in [-0.3, -0.25) is 0 Å². The molecule has 0 radical (unpaired) electrons. The summed E-state index contributed by atoms with van der Waals surface area (Å²) in [6.45, 7) is 3.40. The number of carbonyl (C=O) groups excluding carboxylic acids is 2. The van der Waals surface area contributed by atoms with E-state index in [4.69, 9.17) is 9.47 Å². The summed E-state index contributed by atoms with van der Waals surface area (Å²) in [5.74, 6) is -1.62. The highest BCUT2D eigenvalue weighted by Gasteiger charge is 2.33. The van der Waals surface area contributed by atoms with E-state index in [1.54, 1.807) is 26.0 Å². The molecule has 0 spiro atoms. The summed E-state index contributed by atoms with van der Waals surface area (Å²) >= 11 is 0. The predicted molar refractivity (Wildman–Crippen MR) is 81.5 cm³/mol. The van der Waals surface area contributed by atoms with Gasteiger partial charge in [0.05, 0.1) is 23.7 Å². The molecule has 122 valence electrons. The molecular formula is C15H15NO6S. The average Bonchev–Trinajstić information content (AvgIpc) is 2.77. The molecule has 0 saturated heterocycles. The van der Waals surface area contributed by atoms with Crippen LogP contribution in [-0.4, -0.2) is 39.3 Å². The van der Waals surface area contributed by atoms with Crippen LogP contribution in [0.15, 0.2) is 45.2 Å². The van der Waals surface area contributed by atoms with Gasteiger partial charge < -0.3 is 9.47 Å². The van der Waals surface area contributed by atoms with Crippen LogP contribution < -0.4 is 0 Å². The Bertz CT molecular complexity index is 807. The highest BCUT2D eigenvalue weighted by Crippen LogP contribution is 2.29. The van der Waals surface area contributed by atoms with E-state index in [9.17, 15) is 18.0 Å². The Morgan fingerprint density at radius 3 is 2.43 bits per heavy atom. The Balaban J connectivity index is 2.57. The van der Waals surface area contributed by atoms with Gasteiger partial charge in [0.1, 0.15) is 5.71 Å². The molecule has 7 nitrogen and oxygen atoms in total. The van der Waals surface area contributed by atoms with Crippen LogP contribution in [0.5, 0.6) is 0 Å². The summed E-state index contributed by atoms with van der Waals surface area (Å²) in [6, 6.07) is 6.06. The van der Waals surface area contributed by atoms with Crippen molar-refractivity contribution in [2.45, 2.75) is 18.7 Å². The van der Waals surface area contributed by atoms with Crippen molar-refractivity contribution in [3.63, 3.8) is 0 Å². The molecule has 0 unspecified atom stereocenters. The lowest BCUT2D eigenvalue weighted by Gasteiger charge is -2.07. The number of nitrogens with zero attached hydrogens (tertiary/aromatic N) is 1. The first-order chi connectivity index (χ1) is 10.9. The van der Waals surface area contributed by atoms with Crippen LogP contribution in [0.3, 0.4) is 0 Å². The van der Waals surface area contributed by atoms with Gasteiger partial charge >= 0.3 is 11.9 Å². The number of hydrogen-bond donors (Lipinski definition) is 0. The van der Waals surface area contributed by atoms with Gasteiger partial charge in [-0.25, -0.2) is 9.59 Å². The van der Waals surface area contributed by atoms with Crippen LogP contribution in [0.4, 0.5) is 0 Å². The first-order valence-corrected chi connectivity index (χ1v) is 8.35. The van der Waals surface area contributed by atoms with E-state index in [0.29, 0.717) is 0 Å². The van der Waals surface area contributed by atoms with E-state index >= 15 is 0 Å². The van der Waals surface area contributed by atoms with Crippen LogP contribution in [-0.2, 0) is 29.1 Å². The smallest absolute Gasteiger partial charge is 0.340 e. The molecule has 0 bridgehead atoms. The minimum absolute atomic E-state index is 0.0194. The first-order valence-electron chi connectivity index (χ1n) is 6.91. The fourth-order valence-electron chi connectivity index (χ4n) is 2.03. The molecule has 0 saturated carbocycles. The normalized spacial score (nSPS) is 15.6.